The van der Waals surface area contributed by atoms with E-state index in [1.54, 1.807) is 6.07 Å². The lowest BCUT2D eigenvalue weighted by atomic mass is 10.0. The van der Waals surface area contributed by atoms with Crippen molar-refractivity contribution in [3.8, 4) is 5.75 Å². The molecule has 0 saturated heterocycles. The second-order valence-electron chi connectivity index (χ2n) is 4.38. The summed E-state index contributed by atoms with van der Waals surface area (Å²) < 4.78 is 45.0. The number of benzene rings is 1. The SMILES string of the molecule is Cc1ccoc1C(O)Cc1ccc(OC(F)(F)F)cc1. The van der Waals surface area contributed by atoms with Gasteiger partial charge >= 0.3 is 6.36 Å². The highest BCUT2D eigenvalue weighted by atomic mass is 19.4. The Kier molecular flexibility index (Phi) is 4.04. The Morgan fingerprint density at radius 2 is 1.85 bits per heavy atom. The van der Waals surface area contributed by atoms with E-state index in [4.69, 9.17) is 4.42 Å². The van der Waals surface area contributed by atoms with E-state index in [1.165, 1.54) is 30.5 Å². The van der Waals surface area contributed by atoms with E-state index in [2.05, 4.69) is 4.74 Å². The monoisotopic (exact) mass is 286 g/mol. The molecule has 1 atom stereocenters. The van der Waals surface area contributed by atoms with Gasteiger partial charge in [0.15, 0.2) is 0 Å². The zero-order valence-corrected chi connectivity index (χ0v) is 10.6. The highest BCUT2D eigenvalue weighted by Crippen LogP contribution is 2.25. The summed E-state index contributed by atoms with van der Waals surface area (Å²) in [6.45, 7) is 1.81. The van der Waals surface area contributed by atoms with Crippen LogP contribution in [-0.2, 0) is 6.42 Å². The fourth-order valence-electron chi connectivity index (χ4n) is 1.87. The molecule has 0 spiro atoms. The van der Waals surface area contributed by atoms with Crippen molar-refractivity contribution in [1.29, 1.82) is 0 Å². The number of alkyl halides is 3. The number of ether oxygens (including phenoxy) is 1. The lowest BCUT2D eigenvalue weighted by Gasteiger charge is -2.11. The van der Waals surface area contributed by atoms with Crippen LogP contribution < -0.4 is 4.74 Å². The van der Waals surface area contributed by atoms with Gasteiger partial charge in [0.1, 0.15) is 17.6 Å². The summed E-state index contributed by atoms with van der Waals surface area (Å²) in [4.78, 5) is 0. The summed E-state index contributed by atoms with van der Waals surface area (Å²) >= 11 is 0. The van der Waals surface area contributed by atoms with Gasteiger partial charge in [-0.05, 0) is 36.2 Å². The van der Waals surface area contributed by atoms with E-state index >= 15 is 0 Å². The quantitative estimate of drug-likeness (QED) is 0.930. The van der Waals surface area contributed by atoms with Gasteiger partial charge in [0, 0.05) is 6.42 Å². The Morgan fingerprint density at radius 1 is 1.20 bits per heavy atom. The normalized spacial score (nSPS) is 13.2. The van der Waals surface area contributed by atoms with Gasteiger partial charge in [0.05, 0.1) is 6.26 Å². The topological polar surface area (TPSA) is 42.6 Å². The van der Waals surface area contributed by atoms with Crippen LogP contribution in [0, 0.1) is 6.92 Å². The first-order valence-corrected chi connectivity index (χ1v) is 5.92. The maximum atomic E-state index is 12.0. The Bertz CT molecular complexity index is 558. The van der Waals surface area contributed by atoms with Crippen LogP contribution in [0.4, 0.5) is 13.2 Å². The van der Waals surface area contributed by atoms with E-state index in [0.29, 0.717) is 11.3 Å². The van der Waals surface area contributed by atoms with Crippen molar-refractivity contribution in [2.75, 3.05) is 0 Å². The molecule has 0 bridgehead atoms. The molecule has 1 aromatic carbocycles. The van der Waals surface area contributed by atoms with Crippen LogP contribution in [0.15, 0.2) is 41.0 Å². The van der Waals surface area contributed by atoms with Crippen molar-refractivity contribution in [1.82, 2.24) is 0 Å². The lowest BCUT2D eigenvalue weighted by molar-refractivity contribution is -0.274. The molecule has 0 aliphatic heterocycles. The molecule has 3 nitrogen and oxygen atoms in total. The summed E-state index contributed by atoms with van der Waals surface area (Å²) in [5.41, 5.74) is 1.51. The minimum absolute atomic E-state index is 0.251. The first-order valence-electron chi connectivity index (χ1n) is 5.92. The number of aryl methyl sites for hydroxylation is 1. The zero-order chi connectivity index (χ0) is 14.8. The van der Waals surface area contributed by atoms with Crippen LogP contribution in [0.1, 0.15) is 23.0 Å². The molecule has 2 aromatic rings. The number of rotatable bonds is 4. The van der Waals surface area contributed by atoms with Crippen molar-refractivity contribution in [2.45, 2.75) is 25.8 Å². The minimum atomic E-state index is -4.70. The molecule has 0 saturated carbocycles. The van der Waals surface area contributed by atoms with Crippen molar-refractivity contribution >= 4 is 0 Å². The standard InChI is InChI=1S/C14H13F3O3/c1-9-6-7-19-13(9)12(18)8-10-2-4-11(5-3-10)20-14(15,16)17/h2-7,12,18H,8H2,1H3. The van der Waals surface area contributed by atoms with Crippen LogP contribution >= 0.6 is 0 Å². The maximum Gasteiger partial charge on any atom is 0.573 e. The summed E-state index contributed by atoms with van der Waals surface area (Å²) in [5, 5.41) is 9.99. The molecule has 2 rings (SSSR count). The third-order valence-electron chi connectivity index (χ3n) is 2.79. The number of aliphatic hydroxyl groups excluding tert-OH is 1. The van der Waals surface area contributed by atoms with Crippen LogP contribution in [0.5, 0.6) is 5.75 Å². The molecule has 0 amide bonds. The molecule has 0 fully saturated rings. The predicted octanol–water partition coefficient (Wildman–Crippen LogP) is 3.76. The summed E-state index contributed by atoms with van der Waals surface area (Å²) in [7, 11) is 0. The first kappa shape index (κ1) is 14.5. The van der Waals surface area contributed by atoms with Gasteiger partial charge in [0.25, 0.3) is 0 Å². The van der Waals surface area contributed by atoms with E-state index in [9.17, 15) is 18.3 Å². The van der Waals surface area contributed by atoms with Gasteiger partial charge in [-0.25, -0.2) is 0 Å². The van der Waals surface area contributed by atoms with E-state index < -0.39 is 12.5 Å². The average Bonchev–Trinajstić information content (AvgIpc) is 2.76. The molecule has 0 aliphatic carbocycles. The second kappa shape index (κ2) is 5.58. The molecule has 1 unspecified atom stereocenters. The Morgan fingerprint density at radius 3 is 2.35 bits per heavy atom. The van der Waals surface area contributed by atoms with E-state index in [1.807, 2.05) is 6.92 Å². The van der Waals surface area contributed by atoms with Crippen LogP contribution in [0.25, 0.3) is 0 Å². The molecular weight excluding hydrogens is 273 g/mol. The first-order chi connectivity index (χ1) is 9.35. The largest absolute Gasteiger partial charge is 0.573 e. The van der Waals surface area contributed by atoms with Crippen molar-refractivity contribution in [3.05, 3.63) is 53.5 Å². The summed E-state index contributed by atoms with van der Waals surface area (Å²) in [5.74, 6) is 0.172. The molecule has 0 radical (unpaired) electrons. The zero-order valence-electron chi connectivity index (χ0n) is 10.6. The number of furan rings is 1. The van der Waals surface area contributed by atoms with E-state index in [-0.39, 0.29) is 12.2 Å². The summed E-state index contributed by atoms with van der Waals surface area (Å²) in [6, 6.07) is 7.11. The maximum absolute atomic E-state index is 12.0. The Hall–Kier alpha value is -1.95. The molecule has 6 heteroatoms. The molecular formula is C14H13F3O3. The number of hydrogen-bond acceptors (Lipinski definition) is 3. The van der Waals surface area contributed by atoms with Crippen LogP contribution in [0.3, 0.4) is 0 Å². The fourth-order valence-corrected chi connectivity index (χ4v) is 1.87. The fraction of sp³-hybridized carbons (Fsp3) is 0.286. The number of halogens is 3. The second-order valence-corrected chi connectivity index (χ2v) is 4.38. The molecule has 108 valence electrons. The smallest absolute Gasteiger partial charge is 0.466 e. The molecule has 1 N–H and O–H groups in total. The lowest BCUT2D eigenvalue weighted by Crippen LogP contribution is -2.17. The Labute approximate surface area is 113 Å². The highest BCUT2D eigenvalue weighted by Gasteiger charge is 2.31. The van der Waals surface area contributed by atoms with Gasteiger partial charge in [-0.2, -0.15) is 0 Å². The third-order valence-corrected chi connectivity index (χ3v) is 2.79. The predicted molar refractivity (Wildman–Crippen MR) is 65.2 cm³/mol. The van der Waals surface area contributed by atoms with Crippen LogP contribution in [-0.4, -0.2) is 11.5 Å². The molecule has 1 aromatic heterocycles. The van der Waals surface area contributed by atoms with Gasteiger partial charge in [-0.1, -0.05) is 12.1 Å². The van der Waals surface area contributed by atoms with Gasteiger partial charge < -0.3 is 14.3 Å². The van der Waals surface area contributed by atoms with Gasteiger partial charge in [-0.15, -0.1) is 13.2 Å². The van der Waals surface area contributed by atoms with E-state index in [0.717, 1.165) is 5.56 Å². The summed E-state index contributed by atoms with van der Waals surface area (Å²) in [6.07, 6.45) is -3.81. The molecule has 20 heavy (non-hydrogen) atoms. The molecule has 1 heterocycles. The highest BCUT2D eigenvalue weighted by molar-refractivity contribution is 5.29. The minimum Gasteiger partial charge on any atom is -0.466 e. The van der Waals surface area contributed by atoms with Crippen LogP contribution in [0.2, 0.25) is 0 Å². The van der Waals surface area contributed by atoms with Crippen molar-refractivity contribution in [2.24, 2.45) is 0 Å². The van der Waals surface area contributed by atoms with Crippen molar-refractivity contribution < 1.29 is 27.4 Å². The molecule has 0 aliphatic rings. The third kappa shape index (κ3) is 3.77. The Balaban J connectivity index is 2.02. The van der Waals surface area contributed by atoms with Gasteiger partial charge in [0.2, 0.25) is 0 Å². The number of hydrogen-bond donors (Lipinski definition) is 1. The van der Waals surface area contributed by atoms with Gasteiger partial charge in [-0.3, -0.25) is 0 Å². The van der Waals surface area contributed by atoms with Crippen molar-refractivity contribution in [3.63, 3.8) is 0 Å². The average molecular weight is 286 g/mol. The number of aliphatic hydroxyl groups is 1.